The van der Waals surface area contributed by atoms with Gasteiger partial charge in [-0.2, -0.15) is 0 Å². The predicted octanol–water partition coefficient (Wildman–Crippen LogP) is 2.36. The summed E-state index contributed by atoms with van der Waals surface area (Å²) < 4.78 is 13.3. The predicted molar refractivity (Wildman–Crippen MR) is 115 cm³/mol. The first-order chi connectivity index (χ1) is 14.5. The molecule has 0 spiro atoms. The summed E-state index contributed by atoms with van der Waals surface area (Å²) in [6, 6.07) is 13.8. The highest BCUT2D eigenvalue weighted by Crippen LogP contribution is 2.28. The number of benzene rings is 2. The van der Waals surface area contributed by atoms with Crippen LogP contribution >= 0.6 is 0 Å². The molecule has 0 aromatic heterocycles. The molecular weight excluding hydrogens is 383 g/mol. The van der Waals surface area contributed by atoms with Crippen LogP contribution in [0, 0.1) is 5.82 Å². The zero-order valence-electron chi connectivity index (χ0n) is 17.2. The standard InChI is InChI=1S/C23H27FN4O2/c1-17(23(30)28-10-9-18-5-2-3-8-21(18)28)27-13-11-26(12-14-27)16-22(29)25-20-7-4-6-19(24)15-20/h2-8,15,17H,9-14,16H2,1H3,(H,25,29)/t17-/m0/s1. The fourth-order valence-corrected chi connectivity index (χ4v) is 4.23. The summed E-state index contributed by atoms with van der Waals surface area (Å²) in [5.41, 5.74) is 2.72. The number of hydrogen-bond donors (Lipinski definition) is 1. The van der Waals surface area contributed by atoms with E-state index in [1.54, 1.807) is 12.1 Å². The van der Waals surface area contributed by atoms with Crippen molar-refractivity contribution in [2.45, 2.75) is 19.4 Å². The fourth-order valence-electron chi connectivity index (χ4n) is 4.23. The molecule has 0 saturated carbocycles. The van der Waals surface area contributed by atoms with Crippen LogP contribution in [-0.2, 0) is 16.0 Å². The van der Waals surface area contributed by atoms with Gasteiger partial charge >= 0.3 is 0 Å². The highest BCUT2D eigenvalue weighted by Gasteiger charge is 2.32. The lowest BCUT2D eigenvalue weighted by atomic mass is 10.1. The summed E-state index contributed by atoms with van der Waals surface area (Å²) in [5, 5.41) is 2.73. The number of anilines is 2. The third kappa shape index (κ3) is 4.52. The molecule has 4 rings (SSSR count). The molecule has 158 valence electrons. The van der Waals surface area contributed by atoms with E-state index in [1.807, 2.05) is 30.0 Å². The minimum absolute atomic E-state index is 0.136. The average Bonchev–Trinajstić information content (AvgIpc) is 3.17. The lowest BCUT2D eigenvalue weighted by Gasteiger charge is -2.38. The Bertz CT molecular complexity index is 927. The van der Waals surface area contributed by atoms with Gasteiger partial charge in [-0.25, -0.2) is 4.39 Å². The van der Waals surface area contributed by atoms with Crippen molar-refractivity contribution in [2.75, 3.05) is 49.5 Å². The van der Waals surface area contributed by atoms with Crippen LogP contribution < -0.4 is 10.2 Å². The van der Waals surface area contributed by atoms with E-state index in [2.05, 4.69) is 21.2 Å². The lowest BCUT2D eigenvalue weighted by molar-refractivity contribution is -0.124. The van der Waals surface area contributed by atoms with E-state index in [9.17, 15) is 14.0 Å². The number of hydrogen-bond acceptors (Lipinski definition) is 4. The Hall–Kier alpha value is -2.77. The molecule has 2 aliphatic rings. The third-order valence-electron chi connectivity index (χ3n) is 5.94. The van der Waals surface area contributed by atoms with Crippen molar-refractivity contribution >= 4 is 23.2 Å². The molecule has 1 saturated heterocycles. The molecule has 1 N–H and O–H groups in total. The number of nitrogens with one attached hydrogen (secondary N) is 1. The Kier molecular flexibility index (Phi) is 6.11. The molecule has 1 atom stereocenters. The molecule has 2 amide bonds. The van der Waals surface area contributed by atoms with Gasteiger partial charge in [-0.05, 0) is 43.2 Å². The van der Waals surface area contributed by atoms with Gasteiger partial charge in [-0.15, -0.1) is 0 Å². The van der Waals surface area contributed by atoms with Gasteiger partial charge in [-0.1, -0.05) is 24.3 Å². The van der Waals surface area contributed by atoms with E-state index in [0.29, 0.717) is 18.8 Å². The largest absolute Gasteiger partial charge is 0.325 e. The Morgan fingerprint density at radius 2 is 1.80 bits per heavy atom. The van der Waals surface area contributed by atoms with Crippen molar-refractivity contribution in [1.82, 2.24) is 9.80 Å². The molecule has 7 heteroatoms. The molecule has 30 heavy (non-hydrogen) atoms. The summed E-state index contributed by atoms with van der Waals surface area (Å²) in [6.07, 6.45) is 0.906. The maximum atomic E-state index is 13.3. The average molecular weight is 410 g/mol. The van der Waals surface area contributed by atoms with E-state index < -0.39 is 0 Å². The van der Waals surface area contributed by atoms with Crippen LogP contribution in [0.5, 0.6) is 0 Å². The van der Waals surface area contributed by atoms with Crippen LogP contribution in [0.3, 0.4) is 0 Å². The first-order valence-electron chi connectivity index (χ1n) is 10.4. The third-order valence-corrected chi connectivity index (χ3v) is 5.94. The molecule has 0 radical (unpaired) electrons. The smallest absolute Gasteiger partial charge is 0.244 e. The number of fused-ring (bicyclic) bond motifs is 1. The molecule has 1 fully saturated rings. The number of carbonyl (C=O) groups is 2. The zero-order chi connectivity index (χ0) is 21.1. The summed E-state index contributed by atoms with van der Waals surface area (Å²) in [7, 11) is 0. The van der Waals surface area contributed by atoms with Crippen molar-refractivity contribution in [3.63, 3.8) is 0 Å². The Morgan fingerprint density at radius 3 is 2.57 bits per heavy atom. The second-order valence-corrected chi connectivity index (χ2v) is 7.92. The van der Waals surface area contributed by atoms with Gasteiger partial charge in [0.15, 0.2) is 0 Å². The Morgan fingerprint density at radius 1 is 1.03 bits per heavy atom. The quantitative estimate of drug-likeness (QED) is 0.822. The van der Waals surface area contributed by atoms with Gasteiger partial charge in [0.05, 0.1) is 12.6 Å². The fraction of sp³-hybridized carbons (Fsp3) is 0.391. The topological polar surface area (TPSA) is 55.9 Å². The maximum absolute atomic E-state index is 13.3. The summed E-state index contributed by atoms with van der Waals surface area (Å²) in [6.45, 7) is 5.85. The number of para-hydroxylation sites is 1. The van der Waals surface area contributed by atoms with E-state index in [0.717, 1.165) is 31.7 Å². The van der Waals surface area contributed by atoms with Crippen LogP contribution in [0.2, 0.25) is 0 Å². The van der Waals surface area contributed by atoms with E-state index in [1.165, 1.54) is 17.7 Å². The monoisotopic (exact) mass is 410 g/mol. The molecule has 0 bridgehead atoms. The molecule has 2 heterocycles. The number of carbonyl (C=O) groups excluding carboxylic acids is 2. The molecule has 2 aliphatic heterocycles. The summed E-state index contributed by atoms with van der Waals surface area (Å²) in [4.78, 5) is 31.5. The lowest BCUT2D eigenvalue weighted by Crippen LogP contribution is -2.55. The van der Waals surface area contributed by atoms with Crippen LogP contribution in [0.15, 0.2) is 48.5 Å². The van der Waals surface area contributed by atoms with Crippen molar-refractivity contribution in [2.24, 2.45) is 0 Å². The molecule has 2 aromatic rings. The van der Waals surface area contributed by atoms with Crippen LogP contribution in [-0.4, -0.2) is 66.9 Å². The van der Waals surface area contributed by atoms with Crippen molar-refractivity contribution in [3.8, 4) is 0 Å². The van der Waals surface area contributed by atoms with Gasteiger partial charge in [0, 0.05) is 44.1 Å². The zero-order valence-corrected chi connectivity index (χ0v) is 17.2. The number of piperazine rings is 1. The molecule has 6 nitrogen and oxygen atoms in total. The van der Waals surface area contributed by atoms with Crippen LogP contribution in [0.1, 0.15) is 12.5 Å². The first-order valence-corrected chi connectivity index (χ1v) is 10.4. The number of nitrogens with zero attached hydrogens (tertiary/aromatic N) is 3. The van der Waals surface area contributed by atoms with Gasteiger partial charge in [0.2, 0.25) is 11.8 Å². The SMILES string of the molecule is C[C@@H](C(=O)N1CCc2ccccc21)N1CCN(CC(=O)Nc2cccc(F)c2)CC1. The highest BCUT2D eigenvalue weighted by atomic mass is 19.1. The van der Waals surface area contributed by atoms with Crippen LogP contribution in [0.4, 0.5) is 15.8 Å². The van der Waals surface area contributed by atoms with E-state index >= 15 is 0 Å². The Labute approximate surface area is 176 Å². The maximum Gasteiger partial charge on any atom is 0.244 e. The van der Waals surface area contributed by atoms with E-state index in [-0.39, 0.29) is 30.2 Å². The summed E-state index contributed by atoms with van der Waals surface area (Å²) in [5.74, 6) is -0.398. The Balaban J connectivity index is 1.27. The number of halogens is 1. The van der Waals surface area contributed by atoms with Gasteiger partial charge in [-0.3, -0.25) is 19.4 Å². The molecule has 2 aromatic carbocycles. The first kappa shape index (κ1) is 20.5. The van der Waals surface area contributed by atoms with Crippen molar-refractivity contribution in [3.05, 3.63) is 59.9 Å². The number of rotatable bonds is 5. The molecular formula is C23H27FN4O2. The number of amides is 2. The normalized spacial score (nSPS) is 18.1. The van der Waals surface area contributed by atoms with Gasteiger partial charge < -0.3 is 10.2 Å². The molecule has 0 unspecified atom stereocenters. The van der Waals surface area contributed by atoms with E-state index in [4.69, 9.17) is 0 Å². The second-order valence-electron chi connectivity index (χ2n) is 7.92. The minimum atomic E-state index is -0.374. The van der Waals surface area contributed by atoms with Crippen molar-refractivity contribution < 1.29 is 14.0 Å². The van der Waals surface area contributed by atoms with Gasteiger partial charge in [0.25, 0.3) is 0 Å². The van der Waals surface area contributed by atoms with Crippen LogP contribution in [0.25, 0.3) is 0 Å². The minimum Gasteiger partial charge on any atom is -0.325 e. The highest BCUT2D eigenvalue weighted by molar-refractivity contribution is 5.98. The summed E-state index contributed by atoms with van der Waals surface area (Å²) >= 11 is 0. The molecule has 0 aliphatic carbocycles. The van der Waals surface area contributed by atoms with Gasteiger partial charge in [0.1, 0.15) is 5.82 Å². The second kappa shape index (κ2) is 8.93. The van der Waals surface area contributed by atoms with Crippen molar-refractivity contribution in [1.29, 1.82) is 0 Å².